The van der Waals surface area contributed by atoms with E-state index >= 15 is 0 Å². The van der Waals surface area contributed by atoms with E-state index in [-0.39, 0.29) is 11.4 Å². The van der Waals surface area contributed by atoms with Crippen molar-refractivity contribution in [3.05, 3.63) is 51.8 Å². The lowest BCUT2D eigenvalue weighted by Gasteiger charge is -2.07. The van der Waals surface area contributed by atoms with Crippen LogP contribution in [0.4, 0.5) is 5.82 Å². The molecule has 2 rings (SSSR count). The second-order valence-electron chi connectivity index (χ2n) is 4.01. The van der Waals surface area contributed by atoms with E-state index in [9.17, 15) is 9.59 Å². The summed E-state index contributed by atoms with van der Waals surface area (Å²) in [6.45, 7) is 1.92. The topological polar surface area (TPSA) is 96.2 Å². The number of rotatable bonds is 2. The third-order valence-electron chi connectivity index (χ3n) is 2.63. The molecule has 1 aromatic heterocycles. The van der Waals surface area contributed by atoms with E-state index < -0.39 is 11.5 Å². The van der Waals surface area contributed by atoms with Crippen LogP contribution >= 0.6 is 0 Å². The van der Waals surface area contributed by atoms with Crippen molar-refractivity contribution in [3.8, 4) is 11.1 Å². The minimum atomic E-state index is -1.27. The Labute approximate surface area is 103 Å². The van der Waals surface area contributed by atoms with E-state index in [0.717, 1.165) is 5.56 Å². The molecule has 1 aromatic carbocycles. The molecule has 92 valence electrons. The second-order valence-corrected chi connectivity index (χ2v) is 4.01. The first-order valence-corrected chi connectivity index (χ1v) is 5.32. The number of aryl methyl sites for hydroxylation is 1. The van der Waals surface area contributed by atoms with E-state index in [1.54, 1.807) is 12.1 Å². The first-order valence-electron chi connectivity index (χ1n) is 5.32. The first-order chi connectivity index (χ1) is 8.49. The van der Waals surface area contributed by atoms with Gasteiger partial charge in [-0.3, -0.25) is 4.79 Å². The number of hydrogen-bond acceptors (Lipinski definition) is 3. The Kier molecular flexibility index (Phi) is 2.89. The van der Waals surface area contributed by atoms with Gasteiger partial charge >= 0.3 is 5.97 Å². The molecule has 2 aromatic rings. The molecular formula is C13H12N2O3. The van der Waals surface area contributed by atoms with Crippen LogP contribution in [0.3, 0.4) is 0 Å². The first kappa shape index (κ1) is 11.9. The van der Waals surface area contributed by atoms with E-state index in [2.05, 4.69) is 4.98 Å². The van der Waals surface area contributed by atoms with Crippen molar-refractivity contribution in [2.45, 2.75) is 6.92 Å². The molecule has 0 aliphatic heterocycles. The summed E-state index contributed by atoms with van der Waals surface area (Å²) in [6, 6.07) is 8.66. The largest absolute Gasteiger partial charge is 0.477 e. The Morgan fingerprint density at radius 2 is 1.89 bits per heavy atom. The fraction of sp³-hybridized carbons (Fsp3) is 0.0769. The summed E-state index contributed by atoms with van der Waals surface area (Å²) in [4.78, 5) is 25.0. The maximum Gasteiger partial charge on any atom is 0.341 e. The average Bonchev–Trinajstić information content (AvgIpc) is 2.28. The number of benzene rings is 1. The number of carboxylic acids is 1. The molecule has 0 aliphatic rings. The minimum Gasteiger partial charge on any atom is -0.477 e. The molecule has 5 nitrogen and oxygen atoms in total. The molecular weight excluding hydrogens is 232 g/mol. The number of aromatic carboxylic acids is 1. The van der Waals surface area contributed by atoms with Crippen molar-refractivity contribution < 1.29 is 9.90 Å². The predicted molar refractivity (Wildman–Crippen MR) is 68.6 cm³/mol. The summed E-state index contributed by atoms with van der Waals surface area (Å²) in [5.74, 6) is -1.13. The molecule has 5 heteroatoms. The number of nitrogen functional groups attached to an aromatic ring is 1. The van der Waals surface area contributed by atoms with E-state index in [1.807, 2.05) is 19.1 Å². The number of nitrogens with one attached hydrogen (secondary N) is 1. The summed E-state index contributed by atoms with van der Waals surface area (Å²) < 4.78 is 0. The molecule has 0 saturated heterocycles. The van der Waals surface area contributed by atoms with Crippen LogP contribution in [-0.4, -0.2) is 16.1 Å². The molecule has 0 bridgehead atoms. The van der Waals surface area contributed by atoms with Crippen LogP contribution in [0.2, 0.25) is 0 Å². The number of H-pyrrole nitrogens is 1. The number of aromatic amines is 1. The standard InChI is InChI=1S/C13H12N2O3/c1-7-2-4-8(5-3-7)9-6-10(14)15-12(16)11(9)13(17)18/h2-6H,1H3,(H,17,18)(H3,14,15,16). The van der Waals surface area contributed by atoms with Crippen LogP contribution in [0.25, 0.3) is 11.1 Å². The lowest BCUT2D eigenvalue weighted by Crippen LogP contribution is -2.20. The molecule has 0 aliphatic carbocycles. The van der Waals surface area contributed by atoms with Crippen LogP contribution < -0.4 is 11.3 Å². The Morgan fingerprint density at radius 1 is 1.28 bits per heavy atom. The van der Waals surface area contributed by atoms with Gasteiger partial charge in [0.1, 0.15) is 11.4 Å². The van der Waals surface area contributed by atoms with Crippen LogP contribution in [0, 0.1) is 6.92 Å². The highest BCUT2D eigenvalue weighted by atomic mass is 16.4. The molecule has 0 fully saturated rings. The zero-order valence-corrected chi connectivity index (χ0v) is 9.73. The molecule has 0 radical (unpaired) electrons. The van der Waals surface area contributed by atoms with Gasteiger partial charge in [0.15, 0.2) is 0 Å². The van der Waals surface area contributed by atoms with Gasteiger partial charge in [0, 0.05) is 5.56 Å². The van der Waals surface area contributed by atoms with Crippen molar-refractivity contribution in [2.75, 3.05) is 5.73 Å². The molecule has 0 atom stereocenters. The molecule has 0 spiro atoms. The summed E-state index contributed by atoms with van der Waals surface area (Å²) in [6.07, 6.45) is 0. The molecule has 0 saturated carbocycles. The number of nitrogens with two attached hydrogens (primary N) is 1. The number of hydrogen-bond donors (Lipinski definition) is 3. The van der Waals surface area contributed by atoms with Crippen LogP contribution in [0.1, 0.15) is 15.9 Å². The maximum absolute atomic E-state index is 11.6. The van der Waals surface area contributed by atoms with Gasteiger partial charge in [0.05, 0.1) is 0 Å². The predicted octanol–water partition coefficient (Wildman–Crippen LogP) is 1.63. The van der Waals surface area contributed by atoms with E-state index in [1.165, 1.54) is 6.07 Å². The van der Waals surface area contributed by atoms with E-state index in [4.69, 9.17) is 10.8 Å². The van der Waals surface area contributed by atoms with Crippen LogP contribution in [0.15, 0.2) is 35.1 Å². The van der Waals surface area contributed by atoms with Crippen molar-refractivity contribution in [3.63, 3.8) is 0 Å². The number of carboxylic acid groups (broad SMARTS) is 1. The minimum absolute atomic E-state index is 0.139. The van der Waals surface area contributed by atoms with E-state index in [0.29, 0.717) is 11.1 Å². The molecule has 0 amide bonds. The van der Waals surface area contributed by atoms with Crippen LogP contribution in [0.5, 0.6) is 0 Å². The smallest absolute Gasteiger partial charge is 0.341 e. The van der Waals surface area contributed by atoms with Crippen molar-refractivity contribution in [1.82, 2.24) is 4.98 Å². The normalized spacial score (nSPS) is 10.3. The van der Waals surface area contributed by atoms with Gasteiger partial charge in [-0.05, 0) is 18.6 Å². The third-order valence-corrected chi connectivity index (χ3v) is 2.63. The Bertz CT molecular complexity index is 657. The van der Waals surface area contributed by atoms with Gasteiger partial charge in [-0.1, -0.05) is 29.8 Å². The molecule has 1 heterocycles. The Hall–Kier alpha value is -2.56. The highest BCUT2D eigenvalue weighted by Gasteiger charge is 2.17. The quantitative estimate of drug-likeness (QED) is 0.748. The molecule has 18 heavy (non-hydrogen) atoms. The van der Waals surface area contributed by atoms with Gasteiger partial charge in [0.2, 0.25) is 0 Å². The van der Waals surface area contributed by atoms with Crippen molar-refractivity contribution >= 4 is 11.8 Å². The summed E-state index contributed by atoms with van der Waals surface area (Å²) in [5, 5.41) is 9.09. The number of aromatic nitrogens is 1. The third kappa shape index (κ3) is 2.10. The monoisotopic (exact) mass is 244 g/mol. The zero-order chi connectivity index (χ0) is 13.3. The zero-order valence-electron chi connectivity index (χ0n) is 9.73. The second kappa shape index (κ2) is 4.37. The van der Waals surface area contributed by atoms with Crippen LogP contribution in [-0.2, 0) is 0 Å². The summed E-state index contributed by atoms with van der Waals surface area (Å²) in [7, 11) is 0. The van der Waals surface area contributed by atoms with Gasteiger partial charge < -0.3 is 15.8 Å². The maximum atomic E-state index is 11.6. The fourth-order valence-corrected chi connectivity index (χ4v) is 1.75. The van der Waals surface area contributed by atoms with Gasteiger partial charge in [-0.15, -0.1) is 0 Å². The summed E-state index contributed by atoms with van der Waals surface area (Å²) >= 11 is 0. The van der Waals surface area contributed by atoms with Crippen molar-refractivity contribution in [1.29, 1.82) is 0 Å². The number of pyridine rings is 1. The lowest BCUT2D eigenvalue weighted by molar-refractivity contribution is 0.0696. The number of anilines is 1. The molecule has 0 unspecified atom stereocenters. The fourth-order valence-electron chi connectivity index (χ4n) is 1.75. The number of carbonyl (C=O) groups is 1. The lowest BCUT2D eigenvalue weighted by atomic mass is 10.0. The SMILES string of the molecule is Cc1ccc(-c2cc(N)[nH]c(=O)c2C(=O)O)cc1. The average molecular weight is 244 g/mol. The van der Waals surface area contributed by atoms with Gasteiger partial charge in [-0.25, -0.2) is 4.79 Å². The highest BCUT2D eigenvalue weighted by molar-refractivity contribution is 5.96. The van der Waals surface area contributed by atoms with Crippen molar-refractivity contribution in [2.24, 2.45) is 0 Å². The molecule has 4 N–H and O–H groups in total. The van der Waals surface area contributed by atoms with Gasteiger partial charge in [0.25, 0.3) is 5.56 Å². The van der Waals surface area contributed by atoms with Gasteiger partial charge in [-0.2, -0.15) is 0 Å². The Balaban J connectivity index is 2.73. The highest BCUT2D eigenvalue weighted by Crippen LogP contribution is 2.23. The Morgan fingerprint density at radius 3 is 2.44 bits per heavy atom. The summed E-state index contributed by atoms with van der Waals surface area (Å²) in [5.41, 5.74) is 6.57.